The summed E-state index contributed by atoms with van der Waals surface area (Å²) >= 11 is 11.5. The van der Waals surface area contributed by atoms with Gasteiger partial charge in [0, 0.05) is 16.8 Å². The molecule has 1 aromatic carbocycles. The van der Waals surface area contributed by atoms with Gasteiger partial charge in [-0.25, -0.2) is 4.39 Å². The van der Waals surface area contributed by atoms with E-state index in [1.807, 2.05) is 0 Å². The first kappa shape index (κ1) is 13.5. The molecule has 88 valence electrons. The molecule has 16 heavy (non-hydrogen) atoms. The summed E-state index contributed by atoms with van der Waals surface area (Å²) in [6, 6.07) is 4.22. The zero-order valence-electron chi connectivity index (χ0n) is 8.97. The second kappa shape index (κ2) is 6.21. The van der Waals surface area contributed by atoms with Crippen LogP contribution in [0.25, 0.3) is 0 Å². The highest BCUT2D eigenvalue weighted by molar-refractivity contribution is 6.31. The Labute approximate surface area is 105 Å². The monoisotopic (exact) mass is 262 g/mol. The van der Waals surface area contributed by atoms with Gasteiger partial charge in [-0.1, -0.05) is 17.7 Å². The lowest BCUT2D eigenvalue weighted by molar-refractivity contribution is -0.120. The highest BCUT2D eigenvalue weighted by Gasteiger charge is 2.16. The van der Waals surface area contributed by atoms with Gasteiger partial charge in [-0.15, -0.1) is 11.6 Å². The molecule has 0 spiro atoms. The van der Waals surface area contributed by atoms with Crippen LogP contribution in [0, 0.1) is 11.7 Å². The lowest BCUT2D eigenvalue weighted by Crippen LogP contribution is -2.15. The van der Waals surface area contributed by atoms with Crippen LogP contribution in [-0.2, 0) is 11.2 Å². The fourth-order valence-electron chi connectivity index (χ4n) is 1.53. The number of Topliss-reactive ketones (excluding diaryl/α,β-unsaturated/α-hetero) is 1. The highest BCUT2D eigenvalue weighted by Crippen LogP contribution is 2.22. The number of rotatable bonds is 5. The van der Waals surface area contributed by atoms with Gasteiger partial charge in [0.15, 0.2) is 0 Å². The summed E-state index contributed by atoms with van der Waals surface area (Å²) in [4.78, 5) is 11.3. The number of hydrogen-bond acceptors (Lipinski definition) is 1. The van der Waals surface area contributed by atoms with Crippen molar-refractivity contribution in [3.8, 4) is 0 Å². The minimum absolute atomic E-state index is 0.0843. The summed E-state index contributed by atoms with van der Waals surface area (Å²) < 4.78 is 12.8. The van der Waals surface area contributed by atoms with Crippen LogP contribution in [0.3, 0.4) is 0 Å². The highest BCUT2D eigenvalue weighted by atomic mass is 35.5. The normalized spacial score (nSPS) is 12.5. The van der Waals surface area contributed by atoms with E-state index < -0.39 is 0 Å². The number of halogens is 3. The van der Waals surface area contributed by atoms with Gasteiger partial charge in [0.1, 0.15) is 11.6 Å². The third kappa shape index (κ3) is 3.76. The van der Waals surface area contributed by atoms with E-state index in [-0.39, 0.29) is 17.5 Å². The zero-order valence-corrected chi connectivity index (χ0v) is 10.5. The Bertz CT molecular complexity index is 379. The lowest BCUT2D eigenvalue weighted by Gasteiger charge is -2.13. The molecular weight excluding hydrogens is 250 g/mol. The summed E-state index contributed by atoms with van der Waals surface area (Å²) in [7, 11) is 0. The van der Waals surface area contributed by atoms with Crippen molar-refractivity contribution in [2.75, 3.05) is 5.88 Å². The number of ketones is 1. The molecular formula is C12H13Cl2FO. The van der Waals surface area contributed by atoms with Gasteiger partial charge in [-0.2, -0.15) is 0 Å². The summed E-state index contributed by atoms with van der Waals surface area (Å²) in [6.45, 7) is 1.54. The van der Waals surface area contributed by atoms with E-state index in [1.165, 1.54) is 19.1 Å². The predicted octanol–water partition coefficient (Wildman–Crippen LogP) is 3.86. The first-order valence-electron chi connectivity index (χ1n) is 5.05. The van der Waals surface area contributed by atoms with Gasteiger partial charge >= 0.3 is 0 Å². The van der Waals surface area contributed by atoms with Crippen molar-refractivity contribution < 1.29 is 9.18 Å². The Morgan fingerprint density at radius 3 is 2.69 bits per heavy atom. The summed E-state index contributed by atoms with van der Waals surface area (Å²) in [5.41, 5.74) is 0.786. The van der Waals surface area contributed by atoms with Gasteiger partial charge < -0.3 is 0 Å². The van der Waals surface area contributed by atoms with Crippen molar-refractivity contribution in [2.45, 2.75) is 19.8 Å². The Morgan fingerprint density at radius 1 is 1.50 bits per heavy atom. The quantitative estimate of drug-likeness (QED) is 0.737. The van der Waals surface area contributed by atoms with E-state index in [4.69, 9.17) is 23.2 Å². The maximum absolute atomic E-state index is 12.8. The Hall–Kier alpha value is -0.600. The molecule has 0 fully saturated rings. The van der Waals surface area contributed by atoms with Crippen molar-refractivity contribution in [3.05, 3.63) is 34.6 Å². The van der Waals surface area contributed by atoms with Crippen LogP contribution in [0.1, 0.15) is 18.9 Å². The summed E-state index contributed by atoms with van der Waals surface area (Å²) in [5, 5.41) is 0.362. The molecule has 1 aromatic rings. The first-order valence-corrected chi connectivity index (χ1v) is 5.96. The maximum Gasteiger partial charge on any atom is 0.133 e. The molecule has 0 amide bonds. The third-order valence-corrected chi connectivity index (χ3v) is 3.08. The van der Waals surface area contributed by atoms with E-state index in [9.17, 15) is 9.18 Å². The predicted molar refractivity (Wildman–Crippen MR) is 64.6 cm³/mol. The van der Waals surface area contributed by atoms with Crippen molar-refractivity contribution in [1.29, 1.82) is 0 Å². The molecule has 0 aromatic heterocycles. The van der Waals surface area contributed by atoms with Crippen LogP contribution in [0.4, 0.5) is 4.39 Å². The maximum atomic E-state index is 12.8. The van der Waals surface area contributed by atoms with Crippen LogP contribution < -0.4 is 0 Å². The van der Waals surface area contributed by atoms with Crippen molar-refractivity contribution in [1.82, 2.24) is 0 Å². The van der Waals surface area contributed by atoms with E-state index >= 15 is 0 Å². The van der Waals surface area contributed by atoms with Gasteiger partial charge in [-0.3, -0.25) is 4.79 Å². The average molecular weight is 263 g/mol. The molecule has 0 saturated carbocycles. The van der Waals surface area contributed by atoms with E-state index in [1.54, 1.807) is 6.07 Å². The molecule has 0 aliphatic heterocycles. The van der Waals surface area contributed by atoms with Gasteiger partial charge in [0.25, 0.3) is 0 Å². The number of carbonyl (C=O) groups excluding carboxylic acids is 1. The molecule has 0 N–H and O–H groups in total. The second-order valence-corrected chi connectivity index (χ2v) is 4.51. The number of benzene rings is 1. The minimum atomic E-state index is -0.370. The number of hydrogen-bond donors (Lipinski definition) is 0. The van der Waals surface area contributed by atoms with E-state index in [0.29, 0.717) is 23.7 Å². The molecule has 0 heterocycles. The largest absolute Gasteiger partial charge is 0.300 e. The first-order chi connectivity index (χ1) is 7.54. The molecule has 1 rings (SSSR count). The van der Waals surface area contributed by atoms with Crippen LogP contribution in [0.2, 0.25) is 5.02 Å². The third-order valence-electron chi connectivity index (χ3n) is 2.51. The van der Waals surface area contributed by atoms with E-state index in [2.05, 4.69) is 0 Å². The zero-order chi connectivity index (χ0) is 12.1. The van der Waals surface area contributed by atoms with E-state index in [0.717, 1.165) is 5.56 Å². The van der Waals surface area contributed by atoms with Crippen molar-refractivity contribution >= 4 is 29.0 Å². The lowest BCUT2D eigenvalue weighted by atomic mass is 9.93. The van der Waals surface area contributed by atoms with Crippen molar-refractivity contribution in [3.63, 3.8) is 0 Å². The summed E-state index contributed by atoms with van der Waals surface area (Å²) in [6.07, 6.45) is 1.13. The van der Waals surface area contributed by atoms with Gasteiger partial charge in [-0.05, 0) is 37.5 Å². The molecule has 4 heteroatoms. The average Bonchev–Trinajstić information content (AvgIpc) is 2.20. The molecule has 1 nitrogen and oxygen atoms in total. The Balaban J connectivity index is 2.81. The molecule has 1 atom stereocenters. The fraction of sp³-hybridized carbons (Fsp3) is 0.417. The minimum Gasteiger partial charge on any atom is -0.300 e. The van der Waals surface area contributed by atoms with Crippen LogP contribution in [0.5, 0.6) is 0 Å². The van der Waals surface area contributed by atoms with Crippen LogP contribution in [0.15, 0.2) is 18.2 Å². The Morgan fingerprint density at radius 2 is 2.19 bits per heavy atom. The molecule has 0 aliphatic carbocycles. The topological polar surface area (TPSA) is 17.1 Å². The summed E-state index contributed by atoms with van der Waals surface area (Å²) in [5.74, 6) is 0.00949. The Kier molecular flexibility index (Phi) is 5.23. The second-order valence-electron chi connectivity index (χ2n) is 3.73. The smallest absolute Gasteiger partial charge is 0.133 e. The number of alkyl halides is 1. The molecule has 0 bridgehead atoms. The molecule has 0 radical (unpaired) electrons. The molecule has 0 aliphatic rings. The standard InChI is InChI=1S/C12H13Cl2FO/c1-8(16)9(4-5-13)6-10-2-3-11(15)7-12(10)14/h2-3,7,9H,4-6H2,1H3. The molecule has 0 saturated heterocycles. The van der Waals surface area contributed by atoms with Crippen LogP contribution >= 0.6 is 23.2 Å². The van der Waals surface area contributed by atoms with Gasteiger partial charge in [0.05, 0.1) is 0 Å². The van der Waals surface area contributed by atoms with Crippen LogP contribution in [-0.4, -0.2) is 11.7 Å². The van der Waals surface area contributed by atoms with Gasteiger partial charge in [0.2, 0.25) is 0 Å². The fourth-order valence-corrected chi connectivity index (χ4v) is 2.04. The SMILES string of the molecule is CC(=O)C(CCCl)Cc1ccc(F)cc1Cl. The van der Waals surface area contributed by atoms with Crippen molar-refractivity contribution in [2.24, 2.45) is 5.92 Å². The molecule has 1 unspecified atom stereocenters. The number of carbonyl (C=O) groups is 1.